The summed E-state index contributed by atoms with van der Waals surface area (Å²) >= 11 is 0. The molecule has 0 fully saturated rings. The summed E-state index contributed by atoms with van der Waals surface area (Å²) in [6.45, 7) is 6.33. The first-order chi connectivity index (χ1) is 7.79. The van der Waals surface area contributed by atoms with E-state index in [0.29, 0.717) is 11.3 Å². The van der Waals surface area contributed by atoms with Crippen LogP contribution in [0.4, 0.5) is 11.4 Å². The van der Waals surface area contributed by atoms with Gasteiger partial charge in [0.1, 0.15) is 0 Å². The van der Waals surface area contributed by atoms with Gasteiger partial charge in [-0.25, -0.2) is 0 Å². The molecule has 0 heterocycles. The molecule has 0 aliphatic heterocycles. The van der Waals surface area contributed by atoms with Gasteiger partial charge in [-0.2, -0.15) is 0 Å². The van der Waals surface area contributed by atoms with E-state index in [1.54, 1.807) is 18.2 Å². The van der Waals surface area contributed by atoms with Crippen LogP contribution in [0.3, 0.4) is 0 Å². The summed E-state index contributed by atoms with van der Waals surface area (Å²) in [6, 6.07) is 5.16. The van der Waals surface area contributed by atoms with E-state index >= 15 is 0 Å². The number of carbonyl (C=O) groups excluding carboxylic acids is 1. The van der Waals surface area contributed by atoms with Crippen LogP contribution in [0.5, 0.6) is 0 Å². The van der Waals surface area contributed by atoms with Crippen molar-refractivity contribution in [2.75, 3.05) is 17.7 Å². The number of benzene rings is 1. The quantitative estimate of drug-likeness (QED) is 0.784. The molecule has 1 rings (SSSR count). The van der Waals surface area contributed by atoms with Crippen LogP contribution in [-0.4, -0.2) is 18.5 Å². The fourth-order valence-electron chi connectivity index (χ4n) is 1.60. The van der Waals surface area contributed by atoms with Crippen LogP contribution in [0.15, 0.2) is 18.2 Å². The highest BCUT2D eigenvalue weighted by atomic mass is 16.1. The Morgan fingerprint density at radius 2 is 2.00 bits per heavy atom. The Hall–Kier alpha value is -1.71. The molecule has 0 radical (unpaired) electrons. The summed E-state index contributed by atoms with van der Waals surface area (Å²) in [7, 11) is 1.95. The van der Waals surface area contributed by atoms with Crippen molar-refractivity contribution in [3.05, 3.63) is 23.8 Å². The third-order valence-corrected chi connectivity index (χ3v) is 3.42. The number of carbonyl (C=O) groups is 1. The lowest BCUT2D eigenvalue weighted by atomic mass is 9.97. The minimum absolute atomic E-state index is 0.0575. The predicted octanol–water partition coefficient (Wildman–Crippen LogP) is 1.99. The minimum Gasteiger partial charge on any atom is -0.399 e. The van der Waals surface area contributed by atoms with Gasteiger partial charge >= 0.3 is 0 Å². The molecule has 0 saturated carbocycles. The second kappa shape index (κ2) is 4.65. The average Bonchev–Trinajstić information content (AvgIpc) is 2.27. The first kappa shape index (κ1) is 13.4. The maximum absolute atomic E-state index is 11.4. The Kier molecular flexibility index (Phi) is 3.66. The SMILES string of the molecule is CCC(C)(C)N(C)c1cc(N)ccc1C(N)=O. The van der Waals surface area contributed by atoms with Crippen molar-refractivity contribution >= 4 is 17.3 Å². The maximum Gasteiger partial charge on any atom is 0.250 e. The molecule has 0 atom stereocenters. The molecule has 1 aromatic rings. The number of hydrogen-bond acceptors (Lipinski definition) is 3. The molecule has 17 heavy (non-hydrogen) atoms. The van der Waals surface area contributed by atoms with Crippen LogP contribution in [0, 0.1) is 0 Å². The summed E-state index contributed by atoms with van der Waals surface area (Å²) < 4.78 is 0. The lowest BCUT2D eigenvalue weighted by molar-refractivity contribution is 0.100. The van der Waals surface area contributed by atoms with Crippen LogP contribution in [0.2, 0.25) is 0 Å². The zero-order chi connectivity index (χ0) is 13.2. The van der Waals surface area contributed by atoms with E-state index < -0.39 is 5.91 Å². The second-order valence-electron chi connectivity index (χ2n) is 4.87. The van der Waals surface area contributed by atoms with Gasteiger partial charge in [-0.15, -0.1) is 0 Å². The van der Waals surface area contributed by atoms with Crippen LogP contribution < -0.4 is 16.4 Å². The van der Waals surface area contributed by atoms with Crippen molar-refractivity contribution in [2.45, 2.75) is 32.7 Å². The average molecular weight is 235 g/mol. The van der Waals surface area contributed by atoms with Gasteiger partial charge in [-0.3, -0.25) is 4.79 Å². The fourth-order valence-corrected chi connectivity index (χ4v) is 1.60. The van der Waals surface area contributed by atoms with Gasteiger partial charge in [0.15, 0.2) is 0 Å². The minimum atomic E-state index is -0.432. The van der Waals surface area contributed by atoms with Gasteiger partial charge in [0.25, 0.3) is 5.91 Å². The standard InChI is InChI=1S/C13H21N3O/c1-5-13(2,3)16(4)11-8-9(14)6-7-10(11)12(15)17/h6-8H,5,14H2,1-4H3,(H2,15,17). The van der Waals surface area contributed by atoms with E-state index in [4.69, 9.17) is 11.5 Å². The molecule has 1 amide bonds. The van der Waals surface area contributed by atoms with Gasteiger partial charge in [0, 0.05) is 18.3 Å². The molecule has 94 valence electrons. The number of nitrogens with two attached hydrogens (primary N) is 2. The molecule has 4 heteroatoms. The second-order valence-corrected chi connectivity index (χ2v) is 4.87. The highest BCUT2D eigenvalue weighted by molar-refractivity contribution is 5.99. The van der Waals surface area contributed by atoms with Crippen molar-refractivity contribution in [2.24, 2.45) is 5.73 Å². The number of nitrogens with zero attached hydrogens (tertiary/aromatic N) is 1. The smallest absolute Gasteiger partial charge is 0.250 e. The Labute approximate surface area is 103 Å². The van der Waals surface area contributed by atoms with Crippen LogP contribution in [0.1, 0.15) is 37.6 Å². The van der Waals surface area contributed by atoms with E-state index in [2.05, 4.69) is 20.8 Å². The Morgan fingerprint density at radius 3 is 2.47 bits per heavy atom. The number of primary amides is 1. The monoisotopic (exact) mass is 235 g/mol. The Morgan fingerprint density at radius 1 is 1.41 bits per heavy atom. The first-order valence-corrected chi connectivity index (χ1v) is 5.72. The summed E-state index contributed by atoms with van der Waals surface area (Å²) in [5, 5.41) is 0. The zero-order valence-corrected chi connectivity index (χ0v) is 10.9. The molecular weight excluding hydrogens is 214 g/mol. The van der Waals surface area contributed by atoms with Crippen LogP contribution >= 0.6 is 0 Å². The molecule has 0 aliphatic carbocycles. The molecule has 0 aromatic heterocycles. The topological polar surface area (TPSA) is 72.3 Å². The molecule has 0 bridgehead atoms. The van der Waals surface area contributed by atoms with E-state index in [-0.39, 0.29) is 5.54 Å². The number of amides is 1. The number of nitrogen functional groups attached to an aromatic ring is 1. The van der Waals surface area contributed by atoms with Gasteiger partial charge < -0.3 is 16.4 Å². The third-order valence-electron chi connectivity index (χ3n) is 3.42. The lowest BCUT2D eigenvalue weighted by Crippen LogP contribution is -2.41. The van der Waals surface area contributed by atoms with Crippen molar-refractivity contribution in [1.82, 2.24) is 0 Å². The number of hydrogen-bond donors (Lipinski definition) is 2. The summed E-state index contributed by atoms with van der Waals surface area (Å²) in [5.41, 5.74) is 13.0. The van der Waals surface area contributed by atoms with Crippen molar-refractivity contribution in [3.8, 4) is 0 Å². The maximum atomic E-state index is 11.4. The van der Waals surface area contributed by atoms with Crippen molar-refractivity contribution < 1.29 is 4.79 Å². The number of anilines is 2. The van der Waals surface area contributed by atoms with Gasteiger partial charge in [-0.1, -0.05) is 6.92 Å². The summed E-state index contributed by atoms with van der Waals surface area (Å²) in [4.78, 5) is 13.5. The summed E-state index contributed by atoms with van der Waals surface area (Å²) in [6.07, 6.45) is 0.955. The zero-order valence-electron chi connectivity index (χ0n) is 10.9. The first-order valence-electron chi connectivity index (χ1n) is 5.72. The molecule has 0 aliphatic rings. The van der Waals surface area contributed by atoms with Crippen LogP contribution in [-0.2, 0) is 0 Å². The van der Waals surface area contributed by atoms with Crippen LogP contribution in [0.25, 0.3) is 0 Å². The number of rotatable bonds is 4. The van der Waals surface area contributed by atoms with Crippen molar-refractivity contribution in [1.29, 1.82) is 0 Å². The van der Waals surface area contributed by atoms with E-state index in [0.717, 1.165) is 12.1 Å². The van der Waals surface area contributed by atoms with E-state index in [9.17, 15) is 4.79 Å². The largest absolute Gasteiger partial charge is 0.399 e. The lowest BCUT2D eigenvalue weighted by Gasteiger charge is -2.37. The van der Waals surface area contributed by atoms with Gasteiger partial charge in [0.2, 0.25) is 0 Å². The molecule has 0 spiro atoms. The summed E-state index contributed by atoms with van der Waals surface area (Å²) in [5.74, 6) is -0.432. The highest BCUT2D eigenvalue weighted by Gasteiger charge is 2.24. The predicted molar refractivity (Wildman–Crippen MR) is 72.1 cm³/mol. The normalized spacial score (nSPS) is 11.3. The molecular formula is C13H21N3O. The molecule has 4 N–H and O–H groups in total. The molecule has 4 nitrogen and oxygen atoms in total. The third kappa shape index (κ3) is 2.70. The molecule has 1 aromatic carbocycles. The molecule has 0 unspecified atom stereocenters. The Bertz CT molecular complexity index is 427. The van der Waals surface area contributed by atoms with Crippen molar-refractivity contribution in [3.63, 3.8) is 0 Å². The van der Waals surface area contributed by atoms with E-state index in [1.807, 2.05) is 11.9 Å². The van der Waals surface area contributed by atoms with Gasteiger partial charge in [0.05, 0.1) is 11.3 Å². The van der Waals surface area contributed by atoms with Gasteiger partial charge in [-0.05, 0) is 38.5 Å². The fraction of sp³-hybridized carbons (Fsp3) is 0.462. The highest BCUT2D eigenvalue weighted by Crippen LogP contribution is 2.29. The Balaban J connectivity index is 3.29. The van der Waals surface area contributed by atoms with E-state index in [1.165, 1.54) is 0 Å². The molecule has 0 saturated heterocycles.